The van der Waals surface area contributed by atoms with E-state index >= 15 is 0 Å². The molecule has 1 heterocycles. The largest absolute Gasteiger partial charge is 0.328 e. The maximum atomic E-state index is 11.3. The summed E-state index contributed by atoms with van der Waals surface area (Å²) in [7, 11) is 0. The Morgan fingerprint density at radius 2 is 2.33 bits per heavy atom. The Morgan fingerprint density at radius 3 is 3.00 bits per heavy atom. The van der Waals surface area contributed by atoms with Crippen molar-refractivity contribution in [1.82, 2.24) is 4.98 Å². The smallest absolute Gasteiger partial charge is 0.252 e. The highest BCUT2D eigenvalue weighted by Gasteiger charge is 2.15. The summed E-state index contributed by atoms with van der Waals surface area (Å²) < 4.78 is 0.967. The molecule has 0 unspecified atom stereocenters. The molecule has 0 spiro atoms. The number of fused-ring (bicyclic) bond motifs is 1. The molecule has 0 atom stereocenters. The third-order valence-corrected chi connectivity index (χ3v) is 2.69. The standard InChI is InChI=1S/C9H8BrNO/c1-5-2-6-7(3-5)9(12)11-4-8(6)10/h2,4H,3H2,1H3,(H,11,12). The average Bonchev–Trinajstić information content (AvgIpc) is 2.41. The molecule has 1 aliphatic carbocycles. The Hall–Kier alpha value is -0.830. The van der Waals surface area contributed by atoms with Crippen LogP contribution in [0.1, 0.15) is 18.1 Å². The molecule has 0 fully saturated rings. The Balaban J connectivity index is 2.74. The van der Waals surface area contributed by atoms with Gasteiger partial charge in [-0.1, -0.05) is 11.6 Å². The molecule has 2 nitrogen and oxygen atoms in total. The summed E-state index contributed by atoms with van der Waals surface area (Å²) in [6, 6.07) is 0. The van der Waals surface area contributed by atoms with Crippen molar-refractivity contribution < 1.29 is 0 Å². The van der Waals surface area contributed by atoms with Gasteiger partial charge in [0.2, 0.25) is 0 Å². The van der Waals surface area contributed by atoms with Crippen LogP contribution < -0.4 is 5.56 Å². The van der Waals surface area contributed by atoms with E-state index in [9.17, 15) is 4.79 Å². The monoisotopic (exact) mass is 225 g/mol. The van der Waals surface area contributed by atoms with Crippen LogP contribution >= 0.6 is 15.9 Å². The van der Waals surface area contributed by atoms with Gasteiger partial charge in [-0.2, -0.15) is 0 Å². The van der Waals surface area contributed by atoms with Crippen LogP contribution in [0, 0.1) is 0 Å². The first-order valence-electron chi connectivity index (χ1n) is 3.75. The van der Waals surface area contributed by atoms with Gasteiger partial charge in [0.1, 0.15) is 0 Å². The number of aromatic amines is 1. The van der Waals surface area contributed by atoms with E-state index in [0.717, 1.165) is 22.0 Å². The number of hydrogen-bond acceptors (Lipinski definition) is 1. The zero-order chi connectivity index (χ0) is 8.72. The zero-order valence-electron chi connectivity index (χ0n) is 6.65. The van der Waals surface area contributed by atoms with Crippen LogP contribution in [0.4, 0.5) is 0 Å². The van der Waals surface area contributed by atoms with Gasteiger partial charge < -0.3 is 4.98 Å². The molecule has 0 radical (unpaired) electrons. The van der Waals surface area contributed by atoms with Gasteiger partial charge in [-0.15, -0.1) is 0 Å². The lowest BCUT2D eigenvalue weighted by Crippen LogP contribution is -2.11. The quantitative estimate of drug-likeness (QED) is 0.721. The number of hydrogen-bond donors (Lipinski definition) is 1. The summed E-state index contributed by atoms with van der Waals surface area (Å²) in [5, 5.41) is 0. The van der Waals surface area contributed by atoms with Crippen molar-refractivity contribution >= 4 is 22.0 Å². The van der Waals surface area contributed by atoms with Crippen LogP contribution in [-0.2, 0) is 6.42 Å². The van der Waals surface area contributed by atoms with Crippen LogP contribution in [-0.4, -0.2) is 4.98 Å². The first-order valence-corrected chi connectivity index (χ1v) is 4.55. The van der Waals surface area contributed by atoms with E-state index in [-0.39, 0.29) is 5.56 Å². The predicted molar refractivity (Wildman–Crippen MR) is 52.1 cm³/mol. The van der Waals surface area contributed by atoms with Gasteiger partial charge in [-0.3, -0.25) is 4.79 Å². The van der Waals surface area contributed by atoms with Crippen molar-refractivity contribution in [3.63, 3.8) is 0 Å². The van der Waals surface area contributed by atoms with Crippen molar-refractivity contribution in [3.8, 4) is 0 Å². The second-order valence-corrected chi connectivity index (χ2v) is 3.88. The molecule has 1 aliphatic rings. The maximum Gasteiger partial charge on any atom is 0.252 e. The molecule has 1 aromatic rings. The van der Waals surface area contributed by atoms with Gasteiger partial charge >= 0.3 is 0 Å². The highest BCUT2D eigenvalue weighted by Crippen LogP contribution is 2.27. The Labute approximate surface area is 78.4 Å². The topological polar surface area (TPSA) is 32.9 Å². The third-order valence-electron chi connectivity index (χ3n) is 2.03. The van der Waals surface area contributed by atoms with Crippen LogP contribution in [0.2, 0.25) is 0 Å². The minimum Gasteiger partial charge on any atom is -0.328 e. The number of H-pyrrole nitrogens is 1. The van der Waals surface area contributed by atoms with Crippen molar-refractivity contribution in [2.24, 2.45) is 0 Å². The molecule has 2 rings (SSSR count). The summed E-state index contributed by atoms with van der Waals surface area (Å²) in [5.41, 5.74) is 3.18. The lowest BCUT2D eigenvalue weighted by Gasteiger charge is -1.98. The van der Waals surface area contributed by atoms with E-state index < -0.39 is 0 Å². The number of nitrogens with one attached hydrogen (secondary N) is 1. The zero-order valence-corrected chi connectivity index (χ0v) is 8.23. The molecule has 62 valence electrons. The van der Waals surface area contributed by atoms with Gasteiger partial charge in [0, 0.05) is 16.2 Å². The fourth-order valence-electron chi connectivity index (χ4n) is 1.47. The van der Waals surface area contributed by atoms with E-state index in [1.807, 2.05) is 6.92 Å². The second kappa shape index (κ2) is 2.59. The summed E-state index contributed by atoms with van der Waals surface area (Å²) in [4.78, 5) is 14.0. The molecule has 1 aromatic heterocycles. The molecule has 0 bridgehead atoms. The lowest BCUT2D eigenvalue weighted by atomic mass is 10.2. The van der Waals surface area contributed by atoms with E-state index in [4.69, 9.17) is 0 Å². The maximum absolute atomic E-state index is 11.3. The molecule has 0 aromatic carbocycles. The summed E-state index contributed by atoms with van der Waals surface area (Å²) in [5.74, 6) is 0. The van der Waals surface area contributed by atoms with Gasteiger partial charge in [0.15, 0.2) is 0 Å². The van der Waals surface area contributed by atoms with E-state index in [0.29, 0.717) is 0 Å². The summed E-state index contributed by atoms with van der Waals surface area (Å²) >= 11 is 3.39. The van der Waals surface area contributed by atoms with Crippen LogP contribution in [0.3, 0.4) is 0 Å². The fourth-order valence-corrected chi connectivity index (χ4v) is 1.94. The fraction of sp³-hybridized carbons (Fsp3) is 0.222. The average molecular weight is 226 g/mol. The van der Waals surface area contributed by atoms with Gasteiger partial charge in [-0.05, 0) is 34.8 Å². The van der Waals surface area contributed by atoms with Crippen LogP contribution in [0.25, 0.3) is 6.08 Å². The van der Waals surface area contributed by atoms with Gasteiger partial charge in [0.25, 0.3) is 5.56 Å². The molecule has 3 heteroatoms. The number of pyridine rings is 1. The molecule has 12 heavy (non-hydrogen) atoms. The number of halogens is 1. The molecular formula is C9H8BrNO. The van der Waals surface area contributed by atoms with E-state index in [2.05, 4.69) is 27.0 Å². The second-order valence-electron chi connectivity index (χ2n) is 3.03. The van der Waals surface area contributed by atoms with E-state index in [1.54, 1.807) is 6.20 Å². The van der Waals surface area contributed by atoms with Crippen molar-refractivity contribution in [3.05, 3.63) is 37.7 Å². The highest BCUT2D eigenvalue weighted by atomic mass is 79.9. The van der Waals surface area contributed by atoms with Gasteiger partial charge in [-0.25, -0.2) is 0 Å². The van der Waals surface area contributed by atoms with Gasteiger partial charge in [0.05, 0.1) is 0 Å². The van der Waals surface area contributed by atoms with Crippen molar-refractivity contribution in [2.75, 3.05) is 0 Å². The van der Waals surface area contributed by atoms with E-state index in [1.165, 1.54) is 5.57 Å². The first-order chi connectivity index (χ1) is 5.68. The SMILES string of the molecule is CC1=Cc2c(Br)c[nH]c(=O)c2C1. The Kier molecular flexibility index (Phi) is 1.68. The molecule has 1 N–H and O–H groups in total. The Morgan fingerprint density at radius 1 is 1.58 bits per heavy atom. The molecular weight excluding hydrogens is 218 g/mol. The molecule has 0 saturated heterocycles. The van der Waals surface area contributed by atoms with Crippen molar-refractivity contribution in [2.45, 2.75) is 13.3 Å². The Bertz CT molecular complexity index is 417. The first kappa shape index (κ1) is 7.80. The lowest BCUT2D eigenvalue weighted by molar-refractivity contribution is 1.09. The summed E-state index contributed by atoms with van der Waals surface area (Å²) in [6.45, 7) is 2.03. The van der Waals surface area contributed by atoms with Crippen molar-refractivity contribution in [1.29, 1.82) is 0 Å². The minimum absolute atomic E-state index is 0.0290. The minimum atomic E-state index is 0.0290. The molecule has 0 saturated carbocycles. The van der Waals surface area contributed by atoms with Crippen LogP contribution in [0.5, 0.6) is 0 Å². The number of allylic oxidation sites excluding steroid dienone is 1. The normalized spacial score (nSPS) is 14.3. The third kappa shape index (κ3) is 1.05. The number of rotatable bonds is 0. The molecule has 0 aliphatic heterocycles. The summed E-state index contributed by atoms with van der Waals surface area (Å²) in [6.07, 6.45) is 4.52. The molecule has 0 amide bonds. The highest BCUT2D eigenvalue weighted by molar-refractivity contribution is 9.10. The van der Waals surface area contributed by atoms with Crippen LogP contribution in [0.15, 0.2) is 21.0 Å². The predicted octanol–water partition coefficient (Wildman–Crippen LogP) is 2.10. The number of aromatic nitrogens is 1.